The molecule has 0 N–H and O–H groups in total. The molecule has 6 nitrogen and oxygen atoms in total. The molecule has 0 fully saturated rings. The molecule has 1 amide bonds. The minimum atomic E-state index is -0.229. The van der Waals surface area contributed by atoms with Crippen LogP contribution in [0.3, 0.4) is 0 Å². The standard InChI is InChI=1S/C30H27NO5/c1-3-31(4-2)27(32)19-35-23-14-12-21(13-15-23)29(33)30-28(20-9-6-5-7-10-20)24-17-22-11-8-16-34-25(22)18-26(24)36-30/h5-10,12-18H,3-4,11,19H2,1-2H3. The summed E-state index contributed by atoms with van der Waals surface area (Å²) in [7, 11) is 0. The van der Waals surface area contributed by atoms with Crippen LogP contribution < -0.4 is 9.47 Å². The number of ketones is 1. The number of rotatable bonds is 8. The largest absolute Gasteiger partial charge is 0.484 e. The lowest BCUT2D eigenvalue weighted by molar-refractivity contribution is -0.132. The molecule has 1 aromatic heterocycles. The van der Waals surface area contributed by atoms with Crippen molar-refractivity contribution in [2.75, 3.05) is 19.7 Å². The number of carbonyl (C=O) groups excluding carboxylic acids is 2. The van der Waals surface area contributed by atoms with Gasteiger partial charge < -0.3 is 18.8 Å². The van der Waals surface area contributed by atoms with Gasteiger partial charge in [-0.05, 0) is 67.8 Å². The molecule has 0 spiro atoms. The van der Waals surface area contributed by atoms with Crippen molar-refractivity contribution in [1.29, 1.82) is 0 Å². The van der Waals surface area contributed by atoms with Crippen LogP contribution in [0.25, 0.3) is 22.1 Å². The zero-order valence-electron chi connectivity index (χ0n) is 20.3. The van der Waals surface area contributed by atoms with Gasteiger partial charge >= 0.3 is 0 Å². The molecule has 0 unspecified atom stereocenters. The second kappa shape index (κ2) is 10.1. The number of benzene rings is 3. The quantitative estimate of drug-likeness (QED) is 0.288. The van der Waals surface area contributed by atoms with Crippen LogP contribution in [0.15, 0.2) is 83.5 Å². The van der Waals surface area contributed by atoms with Gasteiger partial charge in [-0.1, -0.05) is 30.3 Å². The molecule has 2 heterocycles. The molecule has 1 aliphatic heterocycles. The van der Waals surface area contributed by atoms with Crippen LogP contribution in [-0.4, -0.2) is 36.3 Å². The summed E-state index contributed by atoms with van der Waals surface area (Å²) >= 11 is 0. The van der Waals surface area contributed by atoms with Gasteiger partial charge in [-0.25, -0.2) is 0 Å². The number of carbonyl (C=O) groups is 2. The Morgan fingerprint density at radius 3 is 2.44 bits per heavy atom. The van der Waals surface area contributed by atoms with Crippen molar-refractivity contribution in [1.82, 2.24) is 4.90 Å². The van der Waals surface area contributed by atoms with E-state index in [4.69, 9.17) is 13.9 Å². The summed E-state index contributed by atoms with van der Waals surface area (Å²) in [5.41, 5.74) is 3.78. The van der Waals surface area contributed by atoms with Crippen LogP contribution in [0.4, 0.5) is 0 Å². The summed E-state index contributed by atoms with van der Waals surface area (Å²) in [6.07, 6.45) is 4.38. The smallest absolute Gasteiger partial charge is 0.260 e. The summed E-state index contributed by atoms with van der Waals surface area (Å²) in [5.74, 6) is 1.23. The average molecular weight is 482 g/mol. The van der Waals surface area contributed by atoms with Crippen molar-refractivity contribution in [3.8, 4) is 22.6 Å². The maximum Gasteiger partial charge on any atom is 0.260 e. The van der Waals surface area contributed by atoms with Crippen LogP contribution in [-0.2, 0) is 11.2 Å². The fraction of sp³-hybridized carbons (Fsp3) is 0.200. The minimum Gasteiger partial charge on any atom is -0.484 e. The number of furan rings is 1. The molecule has 182 valence electrons. The fourth-order valence-electron chi connectivity index (χ4n) is 4.43. The molecule has 0 radical (unpaired) electrons. The third kappa shape index (κ3) is 4.50. The van der Waals surface area contributed by atoms with Crippen LogP contribution >= 0.6 is 0 Å². The van der Waals surface area contributed by atoms with Gasteiger partial charge in [0.05, 0.1) is 6.26 Å². The molecular weight excluding hydrogens is 454 g/mol. The van der Waals surface area contributed by atoms with Crippen molar-refractivity contribution in [3.63, 3.8) is 0 Å². The predicted octanol–water partition coefficient (Wildman–Crippen LogP) is 6.03. The summed E-state index contributed by atoms with van der Waals surface area (Å²) in [4.78, 5) is 27.6. The zero-order valence-corrected chi connectivity index (χ0v) is 20.3. The van der Waals surface area contributed by atoms with Crippen LogP contribution in [0, 0.1) is 0 Å². The monoisotopic (exact) mass is 481 g/mol. The summed E-state index contributed by atoms with van der Waals surface area (Å²) in [6, 6.07) is 20.5. The number of ether oxygens (including phenoxy) is 2. The van der Waals surface area contributed by atoms with E-state index in [1.807, 2.05) is 62.4 Å². The molecular formula is C30H27NO5. The topological polar surface area (TPSA) is 69.0 Å². The molecule has 6 heteroatoms. The number of amides is 1. The number of fused-ring (bicyclic) bond motifs is 2. The van der Waals surface area contributed by atoms with Crippen molar-refractivity contribution in [2.24, 2.45) is 0 Å². The van der Waals surface area contributed by atoms with E-state index < -0.39 is 0 Å². The predicted molar refractivity (Wildman–Crippen MR) is 138 cm³/mol. The van der Waals surface area contributed by atoms with Gasteiger partial charge in [0.25, 0.3) is 5.91 Å². The van der Waals surface area contributed by atoms with Crippen LogP contribution in [0.5, 0.6) is 11.5 Å². The highest BCUT2D eigenvalue weighted by Crippen LogP contribution is 2.40. The van der Waals surface area contributed by atoms with E-state index in [0.29, 0.717) is 30.0 Å². The molecule has 1 aliphatic rings. The first-order chi connectivity index (χ1) is 17.6. The Morgan fingerprint density at radius 1 is 0.972 bits per heavy atom. The number of nitrogens with zero attached hydrogens (tertiary/aromatic N) is 1. The molecule has 0 atom stereocenters. The van der Waals surface area contributed by atoms with Gasteiger partial charge in [-0.15, -0.1) is 0 Å². The Kier molecular flexibility index (Phi) is 6.58. The van der Waals surface area contributed by atoms with Gasteiger partial charge in [0.2, 0.25) is 5.78 Å². The maximum absolute atomic E-state index is 13.6. The zero-order chi connectivity index (χ0) is 25.1. The van der Waals surface area contributed by atoms with Crippen LogP contribution in [0.2, 0.25) is 0 Å². The first-order valence-electron chi connectivity index (χ1n) is 12.1. The molecule has 4 aromatic rings. The summed E-state index contributed by atoms with van der Waals surface area (Å²) in [6.45, 7) is 5.10. The second-order valence-corrected chi connectivity index (χ2v) is 8.53. The lowest BCUT2D eigenvalue weighted by Crippen LogP contribution is -2.34. The highest BCUT2D eigenvalue weighted by atomic mass is 16.5. The van der Waals surface area contributed by atoms with Crippen molar-refractivity contribution in [2.45, 2.75) is 20.3 Å². The minimum absolute atomic E-state index is 0.0434. The van der Waals surface area contributed by atoms with E-state index in [2.05, 4.69) is 0 Å². The van der Waals surface area contributed by atoms with E-state index in [9.17, 15) is 9.59 Å². The Hall–Kier alpha value is -4.32. The molecule has 0 aliphatic carbocycles. The SMILES string of the molecule is CCN(CC)C(=O)COc1ccc(C(=O)c2oc3cc4c(cc3c2-c2ccccc2)CC=CO4)cc1. The highest BCUT2D eigenvalue weighted by molar-refractivity contribution is 6.16. The number of hydrogen-bond donors (Lipinski definition) is 0. The molecule has 0 saturated carbocycles. The Balaban J connectivity index is 1.46. The van der Waals surface area contributed by atoms with Gasteiger partial charge in [-0.3, -0.25) is 9.59 Å². The Morgan fingerprint density at radius 2 is 1.72 bits per heavy atom. The number of hydrogen-bond acceptors (Lipinski definition) is 5. The maximum atomic E-state index is 13.6. The summed E-state index contributed by atoms with van der Waals surface area (Å²) in [5, 5.41) is 0.872. The lowest BCUT2D eigenvalue weighted by atomic mass is 9.96. The van der Waals surface area contributed by atoms with Crippen molar-refractivity contribution < 1.29 is 23.5 Å². The van der Waals surface area contributed by atoms with E-state index in [1.165, 1.54) is 0 Å². The third-order valence-corrected chi connectivity index (χ3v) is 6.36. The molecule has 0 saturated heterocycles. The third-order valence-electron chi connectivity index (χ3n) is 6.36. The molecule has 36 heavy (non-hydrogen) atoms. The first-order valence-corrected chi connectivity index (χ1v) is 12.1. The summed E-state index contributed by atoms with van der Waals surface area (Å²) < 4.78 is 17.5. The molecule has 5 rings (SSSR count). The lowest BCUT2D eigenvalue weighted by Gasteiger charge is -2.18. The first kappa shape index (κ1) is 23.4. The normalized spacial score (nSPS) is 12.2. The van der Waals surface area contributed by atoms with Crippen LogP contribution in [0.1, 0.15) is 35.5 Å². The second-order valence-electron chi connectivity index (χ2n) is 8.53. The molecule has 0 bridgehead atoms. The van der Waals surface area contributed by atoms with E-state index in [1.54, 1.807) is 35.4 Å². The fourth-order valence-corrected chi connectivity index (χ4v) is 4.43. The number of allylic oxidation sites excluding steroid dienone is 1. The van der Waals surface area contributed by atoms with Gasteiger partial charge in [0.15, 0.2) is 12.4 Å². The van der Waals surface area contributed by atoms with E-state index >= 15 is 0 Å². The van der Waals surface area contributed by atoms with E-state index in [0.717, 1.165) is 34.2 Å². The highest BCUT2D eigenvalue weighted by Gasteiger charge is 2.25. The average Bonchev–Trinajstić information content (AvgIpc) is 3.30. The number of likely N-dealkylation sites (N-methyl/N-ethyl adjacent to an activating group) is 1. The van der Waals surface area contributed by atoms with E-state index in [-0.39, 0.29) is 24.1 Å². The molecule has 3 aromatic carbocycles. The Bertz CT molecular complexity index is 1430. The van der Waals surface area contributed by atoms with Gasteiger partial charge in [0, 0.05) is 35.7 Å². The van der Waals surface area contributed by atoms with Crippen molar-refractivity contribution >= 4 is 22.7 Å². The van der Waals surface area contributed by atoms with Gasteiger partial charge in [0.1, 0.15) is 17.1 Å². The Labute approximate surface area is 209 Å². The van der Waals surface area contributed by atoms with Crippen molar-refractivity contribution in [3.05, 3.63) is 96.0 Å². The van der Waals surface area contributed by atoms with Gasteiger partial charge in [-0.2, -0.15) is 0 Å².